The lowest BCUT2D eigenvalue weighted by Gasteiger charge is -2.26. The molecule has 0 heterocycles. The Morgan fingerprint density at radius 2 is 2.12 bits per heavy atom. The van der Waals surface area contributed by atoms with Crippen molar-refractivity contribution in [3.8, 4) is 0 Å². The van der Waals surface area contributed by atoms with Gasteiger partial charge in [0.15, 0.2) is 0 Å². The van der Waals surface area contributed by atoms with Crippen molar-refractivity contribution < 1.29 is 5.11 Å². The van der Waals surface area contributed by atoms with Crippen molar-refractivity contribution in [2.45, 2.75) is 20.3 Å². The van der Waals surface area contributed by atoms with E-state index in [0.717, 1.165) is 24.2 Å². The summed E-state index contributed by atoms with van der Waals surface area (Å²) in [5, 5.41) is 9.12. The second kappa shape index (κ2) is 6.57. The van der Waals surface area contributed by atoms with Crippen molar-refractivity contribution in [1.29, 1.82) is 0 Å². The van der Waals surface area contributed by atoms with Gasteiger partial charge < -0.3 is 15.7 Å². The van der Waals surface area contributed by atoms with E-state index in [1.54, 1.807) is 0 Å². The van der Waals surface area contributed by atoms with Crippen molar-refractivity contribution in [3.63, 3.8) is 0 Å². The first kappa shape index (κ1) is 13.9. The van der Waals surface area contributed by atoms with Gasteiger partial charge in [-0.3, -0.25) is 0 Å². The number of rotatable bonds is 6. The summed E-state index contributed by atoms with van der Waals surface area (Å²) in [7, 11) is 0. The lowest BCUT2D eigenvalue weighted by Crippen LogP contribution is -2.29. The molecule has 0 spiro atoms. The lowest BCUT2D eigenvalue weighted by molar-refractivity contribution is 0.302. The molecule has 0 aromatic heterocycles. The number of nitrogens with zero attached hydrogens (tertiary/aromatic N) is 1. The Morgan fingerprint density at radius 1 is 1.41 bits per heavy atom. The first-order valence-electron chi connectivity index (χ1n) is 5.86. The van der Waals surface area contributed by atoms with Gasteiger partial charge in [0.05, 0.1) is 6.61 Å². The van der Waals surface area contributed by atoms with E-state index in [-0.39, 0.29) is 6.61 Å². The van der Waals surface area contributed by atoms with Crippen LogP contribution in [0.4, 0.5) is 5.69 Å². The van der Waals surface area contributed by atoms with Gasteiger partial charge in [-0.15, -0.1) is 0 Å². The second-order valence-corrected chi connectivity index (χ2v) is 4.54. The van der Waals surface area contributed by atoms with Crippen LogP contribution in [0.3, 0.4) is 0 Å². The number of hydrogen-bond acceptors (Lipinski definition) is 3. The molecular formula is C13H20N2OS. The number of thiocarbonyl (C=S) groups is 1. The third-order valence-electron chi connectivity index (χ3n) is 2.62. The van der Waals surface area contributed by atoms with E-state index in [9.17, 15) is 0 Å². The summed E-state index contributed by atoms with van der Waals surface area (Å²) in [4.78, 5) is 2.53. The zero-order chi connectivity index (χ0) is 12.8. The largest absolute Gasteiger partial charge is 0.395 e. The highest BCUT2D eigenvalue weighted by Crippen LogP contribution is 2.22. The normalized spacial score (nSPS) is 10.3. The molecule has 4 heteroatoms. The monoisotopic (exact) mass is 252 g/mol. The molecule has 0 bridgehead atoms. The SMILES string of the molecule is CCCN(CCO)c1cc(C)ccc1C(N)=S. The summed E-state index contributed by atoms with van der Waals surface area (Å²) in [6, 6.07) is 6.02. The molecule has 0 aliphatic heterocycles. The third kappa shape index (κ3) is 3.68. The molecule has 17 heavy (non-hydrogen) atoms. The number of benzene rings is 1. The zero-order valence-electron chi connectivity index (χ0n) is 10.4. The highest BCUT2D eigenvalue weighted by atomic mass is 32.1. The van der Waals surface area contributed by atoms with Crippen molar-refractivity contribution in [2.75, 3.05) is 24.6 Å². The topological polar surface area (TPSA) is 49.5 Å². The fourth-order valence-corrected chi connectivity index (χ4v) is 2.03. The van der Waals surface area contributed by atoms with Gasteiger partial charge in [-0.25, -0.2) is 0 Å². The Hall–Kier alpha value is -1.13. The molecule has 1 aromatic rings. The molecule has 0 saturated carbocycles. The number of nitrogens with two attached hydrogens (primary N) is 1. The molecule has 94 valence electrons. The highest BCUT2D eigenvalue weighted by Gasteiger charge is 2.12. The Bertz CT molecular complexity index is 387. The van der Waals surface area contributed by atoms with Gasteiger partial charge in [0, 0.05) is 24.3 Å². The van der Waals surface area contributed by atoms with Crippen LogP contribution in [0.5, 0.6) is 0 Å². The fraction of sp³-hybridized carbons (Fsp3) is 0.462. The van der Waals surface area contributed by atoms with E-state index >= 15 is 0 Å². The third-order valence-corrected chi connectivity index (χ3v) is 2.84. The van der Waals surface area contributed by atoms with Gasteiger partial charge in [0.1, 0.15) is 4.99 Å². The van der Waals surface area contributed by atoms with Gasteiger partial charge in [0.2, 0.25) is 0 Å². The highest BCUT2D eigenvalue weighted by molar-refractivity contribution is 7.80. The fourth-order valence-electron chi connectivity index (χ4n) is 1.86. The van der Waals surface area contributed by atoms with Gasteiger partial charge in [-0.05, 0) is 31.0 Å². The maximum Gasteiger partial charge on any atom is 0.106 e. The van der Waals surface area contributed by atoms with Gasteiger partial charge >= 0.3 is 0 Å². The number of aliphatic hydroxyl groups excluding tert-OH is 1. The molecule has 0 saturated heterocycles. The molecule has 0 aliphatic carbocycles. The Kier molecular flexibility index (Phi) is 5.38. The molecule has 0 radical (unpaired) electrons. The predicted molar refractivity (Wildman–Crippen MR) is 76.7 cm³/mol. The summed E-state index contributed by atoms with van der Waals surface area (Å²) in [5.41, 5.74) is 8.81. The van der Waals surface area contributed by atoms with Crippen LogP contribution in [0.15, 0.2) is 18.2 Å². The van der Waals surface area contributed by atoms with E-state index < -0.39 is 0 Å². The molecule has 3 N–H and O–H groups in total. The first-order chi connectivity index (χ1) is 8.10. The number of hydrogen-bond donors (Lipinski definition) is 2. The lowest BCUT2D eigenvalue weighted by atomic mass is 10.1. The quantitative estimate of drug-likeness (QED) is 0.759. The molecular weight excluding hydrogens is 232 g/mol. The summed E-state index contributed by atoms with van der Waals surface area (Å²) in [6.07, 6.45) is 1.02. The zero-order valence-corrected chi connectivity index (χ0v) is 11.3. The van der Waals surface area contributed by atoms with Crippen molar-refractivity contribution in [1.82, 2.24) is 0 Å². The molecule has 1 aromatic carbocycles. The van der Waals surface area contributed by atoms with Crippen molar-refractivity contribution in [3.05, 3.63) is 29.3 Å². The van der Waals surface area contributed by atoms with Gasteiger partial charge in [-0.2, -0.15) is 0 Å². The molecule has 0 unspecified atom stereocenters. The molecule has 0 amide bonds. The first-order valence-corrected chi connectivity index (χ1v) is 6.27. The minimum absolute atomic E-state index is 0.130. The van der Waals surface area contributed by atoms with E-state index in [1.165, 1.54) is 5.56 Å². The molecule has 0 atom stereocenters. The Labute approximate surface area is 108 Å². The maximum absolute atomic E-state index is 9.12. The minimum Gasteiger partial charge on any atom is -0.395 e. The molecule has 3 nitrogen and oxygen atoms in total. The summed E-state index contributed by atoms with van der Waals surface area (Å²) in [5.74, 6) is 0. The maximum atomic E-state index is 9.12. The summed E-state index contributed by atoms with van der Waals surface area (Å²) >= 11 is 5.07. The summed E-state index contributed by atoms with van der Waals surface area (Å²) in [6.45, 7) is 5.77. The second-order valence-electron chi connectivity index (χ2n) is 4.10. The predicted octanol–water partition coefficient (Wildman–Crippen LogP) is 1.84. The average Bonchev–Trinajstić information content (AvgIpc) is 2.28. The van der Waals surface area contributed by atoms with Crippen LogP contribution in [0.25, 0.3) is 0 Å². The molecule has 1 rings (SSSR count). The molecule has 0 aliphatic rings. The molecule has 0 fully saturated rings. The Balaban J connectivity index is 3.14. The Morgan fingerprint density at radius 3 is 2.65 bits per heavy atom. The van der Waals surface area contributed by atoms with Gasteiger partial charge in [-0.1, -0.05) is 25.2 Å². The number of aryl methyl sites for hydroxylation is 1. The van der Waals surface area contributed by atoms with Gasteiger partial charge in [0.25, 0.3) is 0 Å². The van der Waals surface area contributed by atoms with Crippen LogP contribution < -0.4 is 10.6 Å². The van der Waals surface area contributed by atoms with Crippen LogP contribution in [0, 0.1) is 6.92 Å². The average molecular weight is 252 g/mol. The smallest absolute Gasteiger partial charge is 0.106 e. The van der Waals surface area contributed by atoms with Crippen LogP contribution in [-0.2, 0) is 0 Å². The number of anilines is 1. The van der Waals surface area contributed by atoms with Crippen LogP contribution in [0.1, 0.15) is 24.5 Å². The van der Waals surface area contributed by atoms with Crippen LogP contribution >= 0.6 is 12.2 Å². The summed E-state index contributed by atoms with van der Waals surface area (Å²) < 4.78 is 0. The minimum atomic E-state index is 0.130. The van der Waals surface area contributed by atoms with E-state index in [4.69, 9.17) is 23.1 Å². The van der Waals surface area contributed by atoms with E-state index in [2.05, 4.69) is 17.9 Å². The standard InChI is InChI=1S/C13H20N2OS/c1-3-6-15(7-8-16)12-9-10(2)4-5-11(12)13(14)17/h4-5,9,16H,3,6-8H2,1-2H3,(H2,14,17). The number of aliphatic hydroxyl groups is 1. The van der Waals surface area contributed by atoms with Crippen LogP contribution in [-0.4, -0.2) is 29.8 Å². The van der Waals surface area contributed by atoms with E-state index in [0.29, 0.717) is 11.5 Å². The van der Waals surface area contributed by atoms with Crippen LogP contribution in [0.2, 0.25) is 0 Å². The van der Waals surface area contributed by atoms with E-state index in [1.807, 2.05) is 19.1 Å². The van der Waals surface area contributed by atoms with Crippen molar-refractivity contribution >= 4 is 22.9 Å². The van der Waals surface area contributed by atoms with Crippen molar-refractivity contribution in [2.24, 2.45) is 5.73 Å².